The van der Waals surface area contributed by atoms with Crippen molar-refractivity contribution < 1.29 is 38.0 Å². The van der Waals surface area contributed by atoms with Crippen molar-refractivity contribution in [2.75, 3.05) is 69.3 Å². The van der Waals surface area contributed by atoms with Crippen LogP contribution in [0.4, 0.5) is 0 Å². The molecule has 0 radical (unpaired) electrons. The van der Waals surface area contributed by atoms with Crippen LogP contribution < -0.4 is 44.6 Å². The largest absolute Gasteiger partial charge is 0.493 e. The molecule has 2 atom stereocenters. The van der Waals surface area contributed by atoms with Crippen molar-refractivity contribution in [2.45, 2.75) is 66.7 Å². The third kappa shape index (κ3) is 13.3. The van der Waals surface area contributed by atoms with E-state index >= 15 is 0 Å². The van der Waals surface area contributed by atoms with Crippen LogP contribution in [0.2, 0.25) is 0 Å². The summed E-state index contributed by atoms with van der Waals surface area (Å²) < 4.78 is 34.0. The highest BCUT2D eigenvalue weighted by Crippen LogP contribution is 2.52. The second-order valence-corrected chi connectivity index (χ2v) is 19.8. The van der Waals surface area contributed by atoms with Crippen LogP contribution in [0.15, 0.2) is 116 Å². The molecule has 0 saturated heterocycles. The number of carbonyl (C=O) groups is 2. The first-order valence-corrected chi connectivity index (χ1v) is 27.6. The van der Waals surface area contributed by atoms with E-state index in [1.165, 1.54) is 23.5 Å². The standard InChI is InChI=1S/C29H30ClNO5S.C21H25NO4S.C8H6Cl2O.CH4/c1-31(29(33)19-8-6-7-17(13-19)16-30)22-11-9-18-14-24(34-2)27(35-3)28(36-4)26(18)20-10-12-25(37-5)23(32)15-21(20)22;1-22-15-8-6-12-10-17(24-2)20(25-3)21(26-4)19(12)13-7-9-18(27-5)16(23)11-14(13)15;9-5-6-2-1-3-7(4-6)8(10)11;/h6-8,10,12-15,22H,9,11,16H2,1-5H3;7,9-11,15,22H,6,8H2,1-5H3;1-4H,5H2;1H4/t22-;15-;;/m00../s1. The Morgan fingerprint density at radius 3 is 1.49 bits per heavy atom. The molecular weight excluding hydrogens is 1070 g/mol. The van der Waals surface area contributed by atoms with E-state index in [9.17, 15) is 19.2 Å². The van der Waals surface area contributed by atoms with Gasteiger partial charge in [-0.15, -0.1) is 46.7 Å². The molecule has 0 unspecified atom stereocenters. The molecule has 2 aliphatic rings. The van der Waals surface area contributed by atoms with Crippen molar-refractivity contribution in [3.63, 3.8) is 0 Å². The van der Waals surface area contributed by atoms with Crippen molar-refractivity contribution >= 4 is 69.5 Å². The summed E-state index contributed by atoms with van der Waals surface area (Å²) in [6.45, 7) is 0. The number of fused-ring (bicyclic) bond motifs is 6. The number of hydrogen-bond donors (Lipinski definition) is 1. The topological polar surface area (TPSA) is 139 Å². The number of methoxy groups -OCH3 is 6. The summed E-state index contributed by atoms with van der Waals surface area (Å²) in [5, 5.41) is 2.91. The number of rotatable bonds is 14. The number of hydrogen-bond acceptors (Lipinski definition) is 13. The Hall–Kier alpha value is -5.87. The van der Waals surface area contributed by atoms with Crippen LogP contribution in [0.25, 0.3) is 22.3 Å². The second-order valence-electron chi connectivity index (χ2n) is 17.2. The van der Waals surface area contributed by atoms with Crippen LogP contribution in [-0.2, 0) is 24.6 Å². The number of halogens is 3. The van der Waals surface area contributed by atoms with E-state index < -0.39 is 5.24 Å². The van der Waals surface area contributed by atoms with Crippen molar-refractivity contribution in [1.29, 1.82) is 0 Å². The molecule has 0 aromatic heterocycles. The number of benzene rings is 4. The van der Waals surface area contributed by atoms with Gasteiger partial charge in [-0.05, 0) is 156 Å². The third-order valence-corrected chi connectivity index (χ3v) is 15.6. The van der Waals surface area contributed by atoms with E-state index in [2.05, 4.69) is 5.32 Å². The summed E-state index contributed by atoms with van der Waals surface area (Å²) >= 11 is 19.7. The van der Waals surface area contributed by atoms with Gasteiger partial charge in [-0.2, -0.15) is 0 Å². The first kappa shape index (κ1) is 61.0. The first-order chi connectivity index (χ1) is 36.2. The minimum atomic E-state index is -0.447. The van der Waals surface area contributed by atoms with E-state index in [0.29, 0.717) is 75.1 Å². The highest BCUT2D eigenvalue weighted by Gasteiger charge is 2.33. The maximum Gasteiger partial charge on any atom is 0.254 e. The number of nitrogens with one attached hydrogen (secondary N) is 1. The van der Waals surface area contributed by atoms with Gasteiger partial charge in [0.15, 0.2) is 33.9 Å². The van der Waals surface area contributed by atoms with Gasteiger partial charge in [-0.25, -0.2) is 0 Å². The first-order valence-electron chi connectivity index (χ1n) is 23.7. The van der Waals surface area contributed by atoms with Gasteiger partial charge >= 0.3 is 0 Å². The van der Waals surface area contributed by atoms with E-state index in [-0.39, 0.29) is 36.3 Å². The van der Waals surface area contributed by atoms with Crippen molar-refractivity contribution in [2.24, 2.45) is 0 Å². The predicted octanol–water partition coefficient (Wildman–Crippen LogP) is 13.1. The molecule has 1 amide bonds. The Labute approximate surface area is 469 Å². The minimum absolute atomic E-state index is 0. The number of alkyl halides is 2. The van der Waals surface area contributed by atoms with E-state index in [0.717, 1.165) is 73.4 Å². The lowest BCUT2D eigenvalue weighted by Gasteiger charge is -2.28. The summed E-state index contributed by atoms with van der Waals surface area (Å²) in [4.78, 5) is 53.2. The van der Waals surface area contributed by atoms with Gasteiger partial charge in [0.25, 0.3) is 11.1 Å². The monoisotopic (exact) mass is 1130 g/mol. The number of carbonyl (C=O) groups excluding carboxylic acids is 2. The minimum Gasteiger partial charge on any atom is -0.493 e. The maximum absolute atomic E-state index is 13.7. The molecular formula is C59H65Cl3N2O10S2. The molecule has 0 heterocycles. The van der Waals surface area contributed by atoms with Crippen LogP contribution in [0.1, 0.15) is 86.4 Å². The smallest absolute Gasteiger partial charge is 0.254 e. The van der Waals surface area contributed by atoms with Gasteiger partial charge in [-0.1, -0.05) is 49.9 Å². The Morgan fingerprint density at radius 2 is 1.05 bits per heavy atom. The highest BCUT2D eigenvalue weighted by molar-refractivity contribution is 7.98. The Bertz CT molecular complexity index is 3180. The van der Waals surface area contributed by atoms with E-state index in [4.69, 9.17) is 63.2 Å². The van der Waals surface area contributed by atoms with Gasteiger partial charge in [0.1, 0.15) is 0 Å². The molecule has 8 rings (SSSR count). The molecule has 1 N–H and O–H groups in total. The van der Waals surface area contributed by atoms with E-state index in [1.54, 1.807) is 91.0 Å². The summed E-state index contributed by atoms with van der Waals surface area (Å²) in [5.74, 6) is 4.00. The maximum atomic E-state index is 13.7. The second kappa shape index (κ2) is 28.5. The average molecular weight is 1130 g/mol. The Kier molecular flexibility index (Phi) is 22.9. The van der Waals surface area contributed by atoms with Crippen LogP contribution in [-0.4, -0.2) is 85.3 Å². The molecule has 0 saturated carbocycles. The molecule has 404 valence electrons. The van der Waals surface area contributed by atoms with Crippen molar-refractivity contribution in [3.8, 4) is 56.8 Å². The van der Waals surface area contributed by atoms with Gasteiger partial charge in [0.05, 0.1) is 58.5 Å². The number of ether oxygens (including phenoxy) is 6. The summed E-state index contributed by atoms with van der Waals surface area (Å²) in [6, 6.07) is 29.1. The molecule has 0 bridgehead atoms. The molecule has 12 nitrogen and oxygen atoms in total. The zero-order valence-electron chi connectivity index (χ0n) is 43.6. The SMILES string of the molecule is C.CN[C@H]1CCc2cc(OC)c(OC)c(OC)c2-c2ccc(SC)c(=O)cc21.COc1cc2c(c(OC)c1OC)-c1ccc(SC)c(=O)cc1[C@@H](N(C)C(=O)c1cccc(CCl)c1)CC2.O=C(Cl)c1cccc(CCl)c1. The number of thioether (sulfide) groups is 2. The fraction of sp³-hybridized carbons (Fsp3) is 0.322. The third-order valence-electron chi connectivity index (χ3n) is 13.2. The Balaban J connectivity index is 0.000000238. The molecule has 6 aromatic rings. The summed E-state index contributed by atoms with van der Waals surface area (Å²) in [7, 11) is 13.3. The zero-order chi connectivity index (χ0) is 54.5. The van der Waals surface area contributed by atoms with Crippen molar-refractivity contribution in [3.05, 3.63) is 162 Å². The Morgan fingerprint density at radius 1 is 0.605 bits per heavy atom. The van der Waals surface area contributed by atoms with Gasteiger partial charge < -0.3 is 38.6 Å². The fourth-order valence-corrected chi connectivity index (χ4v) is 10.9. The molecule has 2 aliphatic carbocycles. The van der Waals surface area contributed by atoms with Crippen LogP contribution in [0, 0.1) is 0 Å². The number of nitrogens with zero attached hydrogens (tertiary/aromatic N) is 1. The average Bonchev–Trinajstić information content (AvgIpc) is 3.85. The fourth-order valence-electron chi connectivity index (χ4n) is 9.52. The predicted molar refractivity (Wildman–Crippen MR) is 311 cm³/mol. The molecule has 0 spiro atoms. The van der Waals surface area contributed by atoms with Gasteiger partial charge in [0.2, 0.25) is 11.5 Å². The molecule has 17 heteroatoms. The van der Waals surface area contributed by atoms with E-state index in [1.807, 2.05) is 80.2 Å². The molecule has 6 aromatic carbocycles. The van der Waals surface area contributed by atoms with Crippen LogP contribution in [0.5, 0.6) is 34.5 Å². The van der Waals surface area contributed by atoms with Gasteiger partial charge in [0, 0.05) is 47.1 Å². The van der Waals surface area contributed by atoms with Crippen LogP contribution >= 0.6 is 58.3 Å². The van der Waals surface area contributed by atoms with Crippen molar-refractivity contribution in [1.82, 2.24) is 10.2 Å². The lowest BCUT2D eigenvalue weighted by molar-refractivity contribution is 0.0723. The highest BCUT2D eigenvalue weighted by atomic mass is 35.5. The summed E-state index contributed by atoms with van der Waals surface area (Å²) in [5.41, 5.74) is 10.2. The lowest BCUT2D eigenvalue weighted by Crippen LogP contribution is -2.32. The van der Waals surface area contributed by atoms with Gasteiger partial charge in [-0.3, -0.25) is 19.2 Å². The van der Waals surface area contributed by atoms with Crippen LogP contribution in [0.3, 0.4) is 0 Å². The lowest BCUT2D eigenvalue weighted by atomic mass is 9.95. The summed E-state index contributed by atoms with van der Waals surface area (Å²) in [6.07, 6.45) is 6.74. The molecule has 76 heavy (non-hydrogen) atoms. The molecule has 0 fully saturated rings. The normalized spacial score (nSPS) is 13.8. The number of aryl methyl sites for hydroxylation is 2. The quantitative estimate of drug-likeness (QED) is 0.0629. The zero-order valence-corrected chi connectivity index (χ0v) is 47.5. The number of amides is 1. The molecule has 0 aliphatic heterocycles.